The first kappa shape index (κ1) is 27.8. The Balaban J connectivity index is 1.94. The molecule has 1 N–H and O–H groups in total. The summed E-state index contributed by atoms with van der Waals surface area (Å²) in [6, 6.07) is 19.3. The van der Waals surface area contributed by atoms with E-state index in [9.17, 15) is 18.0 Å². The lowest BCUT2D eigenvalue weighted by Crippen LogP contribution is -2.52. The summed E-state index contributed by atoms with van der Waals surface area (Å²) in [5, 5.41) is 2.93. The molecule has 0 saturated heterocycles. The van der Waals surface area contributed by atoms with Gasteiger partial charge in [0.2, 0.25) is 21.8 Å². The second-order valence-electron chi connectivity index (χ2n) is 8.67. The number of hydrogen-bond acceptors (Lipinski definition) is 6. The van der Waals surface area contributed by atoms with E-state index in [0.717, 1.165) is 27.3 Å². The summed E-state index contributed by atoms with van der Waals surface area (Å²) in [4.78, 5) is 32.5. The maximum absolute atomic E-state index is 13.6. The number of carbonyl (C=O) groups is 2. The second kappa shape index (κ2) is 13.0. The quantitative estimate of drug-likeness (QED) is 0.389. The van der Waals surface area contributed by atoms with Gasteiger partial charge in [0.05, 0.1) is 19.9 Å². The Morgan fingerprint density at radius 2 is 1.59 bits per heavy atom. The van der Waals surface area contributed by atoms with Crippen molar-refractivity contribution < 1.29 is 22.7 Å². The zero-order chi connectivity index (χ0) is 26.8. The van der Waals surface area contributed by atoms with Gasteiger partial charge in [-0.25, -0.2) is 8.42 Å². The molecule has 0 spiro atoms. The summed E-state index contributed by atoms with van der Waals surface area (Å²) in [6.07, 6.45) is 4.58. The zero-order valence-corrected chi connectivity index (χ0v) is 22.0. The van der Waals surface area contributed by atoms with Crippen LogP contribution in [0.3, 0.4) is 0 Å². The van der Waals surface area contributed by atoms with Gasteiger partial charge in [0, 0.05) is 39.0 Å². The van der Waals surface area contributed by atoms with Gasteiger partial charge in [0.15, 0.2) is 0 Å². The number of nitrogens with zero attached hydrogens (tertiary/aromatic N) is 3. The van der Waals surface area contributed by atoms with Crippen LogP contribution in [0.4, 0.5) is 0 Å². The molecule has 0 saturated carbocycles. The lowest BCUT2D eigenvalue weighted by Gasteiger charge is -2.32. The molecule has 0 aliphatic rings. The molecule has 0 fully saturated rings. The zero-order valence-electron chi connectivity index (χ0n) is 21.2. The van der Waals surface area contributed by atoms with Crippen molar-refractivity contribution in [2.45, 2.75) is 25.6 Å². The molecule has 9 nitrogen and oxygen atoms in total. The number of amides is 2. The van der Waals surface area contributed by atoms with Crippen LogP contribution in [0.25, 0.3) is 0 Å². The first-order valence-electron chi connectivity index (χ1n) is 11.7. The van der Waals surface area contributed by atoms with E-state index < -0.39 is 28.5 Å². The minimum Gasteiger partial charge on any atom is -0.497 e. The molecule has 2 aromatic carbocycles. The standard InChI is InChI=1S/C27H32N4O5S/c1-30(37(3,34)35)20-26(32)31(19-23-9-11-24(36-2)12-10-23)25(17-21-7-5-4-6-8-21)27(33)29-18-22-13-15-28-16-14-22/h4-16,25H,17-20H2,1-3H3,(H,29,33)/t25-/m0/s1. The van der Waals surface area contributed by atoms with Crippen molar-refractivity contribution in [2.75, 3.05) is 27.0 Å². The molecule has 1 atom stereocenters. The van der Waals surface area contributed by atoms with Gasteiger partial charge in [-0.1, -0.05) is 42.5 Å². The highest BCUT2D eigenvalue weighted by molar-refractivity contribution is 7.88. The van der Waals surface area contributed by atoms with Crippen LogP contribution in [0.15, 0.2) is 79.1 Å². The molecule has 196 valence electrons. The molecular weight excluding hydrogens is 492 g/mol. The first-order chi connectivity index (χ1) is 17.7. The lowest BCUT2D eigenvalue weighted by atomic mass is 10.0. The minimum absolute atomic E-state index is 0.112. The molecule has 0 radical (unpaired) electrons. The van der Waals surface area contributed by atoms with Crippen LogP contribution in [-0.2, 0) is 39.1 Å². The fourth-order valence-electron chi connectivity index (χ4n) is 3.69. The summed E-state index contributed by atoms with van der Waals surface area (Å²) >= 11 is 0. The Hall–Kier alpha value is -3.76. The molecule has 0 aliphatic heterocycles. The maximum Gasteiger partial charge on any atom is 0.243 e. The van der Waals surface area contributed by atoms with E-state index in [2.05, 4.69) is 10.3 Å². The smallest absolute Gasteiger partial charge is 0.243 e. The van der Waals surface area contributed by atoms with E-state index in [-0.39, 0.29) is 25.4 Å². The van der Waals surface area contributed by atoms with Gasteiger partial charge in [0.1, 0.15) is 11.8 Å². The van der Waals surface area contributed by atoms with Gasteiger partial charge in [0.25, 0.3) is 0 Å². The van der Waals surface area contributed by atoms with Crippen LogP contribution >= 0.6 is 0 Å². The van der Waals surface area contributed by atoms with Crippen molar-refractivity contribution in [2.24, 2.45) is 0 Å². The van der Waals surface area contributed by atoms with Gasteiger partial charge in [-0.2, -0.15) is 4.31 Å². The number of rotatable bonds is 12. The number of nitrogens with one attached hydrogen (secondary N) is 1. The van der Waals surface area contributed by atoms with Crippen LogP contribution in [0.5, 0.6) is 5.75 Å². The highest BCUT2D eigenvalue weighted by Gasteiger charge is 2.31. The number of ether oxygens (including phenoxy) is 1. The highest BCUT2D eigenvalue weighted by Crippen LogP contribution is 2.18. The van der Waals surface area contributed by atoms with Crippen molar-refractivity contribution in [1.29, 1.82) is 0 Å². The van der Waals surface area contributed by atoms with E-state index in [1.165, 1.54) is 11.9 Å². The molecule has 1 heterocycles. The summed E-state index contributed by atoms with van der Waals surface area (Å²) in [5.74, 6) is -0.164. The van der Waals surface area contributed by atoms with Gasteiger partial charge in [-0.3, -0.25) is 14.6 Å². The molecule has 3 rings (SSSR count). The van der Waals surface area contributed by atoms with E-state index >= 15 is 0 Å². The molecule has 3 aromatic rings. The topological polar surface area (TPSA) is 109 Å². The first-order valence-corrected chi connectivity index (χ1v) is 13.6. The fraction of sp³-hybridized carbons (Fsp3) is 0.296. The number of benzene rings is 2. The molecule has 2 amide bonds. The van der Waals surface area contributed by atoms with Gasteiger partial charge in [-0.15, -0.1) is 0 Å². The SMILES string of the molecule is COc1ccc(CN(C(=O)CN(C)S(C)(=O)=O)[C@@H](Cc2ccccc2)C(=O)NCc2ccncc2)cc1. The minimum atomic E-state index is -3.60. The summed E-state index contributed by atoms with van der Waals surface area (Å²) < 4.78 is 30.3. The summed E-state index contributed by atoms with van der Waals surface area (Å²) in [5.41, 5.74) is 2.51. The lowest BCUT2D eigenvalue weighted by molar-refractivity contribution is -0.141. The van der Waals surface area contributed by atoms with Crippen molar-refractivity contribution >= 4 is 21.8 Å². The van der Waals surface area contributed by atoms with Crippen LogP contribution in [0.1, 0.15) is 16.7 Å². The molecule has 37 heavy (non-hydrogen) atoms. The molecular formula is C27H32N4O5S. The van der Waals surface area contributed by atoms with Gasteiger partial charge >= 0.3 is 0 Å². The maximum atomic E-state index is 13.6. The van der Waals surface area contributed by atoms with Gasteiger partial charge < -0.3 is 15.0 Å². The van der Waals surface area contributed by atoms with Gasteiger partial charge in [-0.05, 0) is 41.0 Å². The van der Waals surface area contributed by atoms with Crippen LogP contribution in [-0.4, -0.2) is 67.4 Å². The van der Waals surface area contributed by atoms with Crippen molar-refractivity contribution in [3.63, 3.8) is 0 Å². The number of methoxy groups -OCH3 is 1. The number of carbonyl (C=O) groups excluding carboxylic acids is 2. The molecule has 0 aliphatic carbocycles. The molecule has 0 bridgehead atoms. The largest absolute Gasteiger partial charge is 0.497 e. The van der Waals surface area contributed by atoms with Crippen LogP contribution in [0, 0.1) is 0 Å². The number of hydrogen-bond donors (Lipinski definition) is 1. The van der Waals surface area contributed by atoms with Crippen molar-refractivity contribution in [3.8, 4) is 5.75 Å². The summed E-state index contributed by atoms with van der Waals surface area (Å²) in [6.45, 7) is -0.0149. The summed E-state index contributed by atoms with van der Waals surface area (Å²) in [7, 11) is -0.695. The third-order valence-electron chi connectivity index (χ3n) is 5.92. The van der Waals surface area contributed by atoms with Crippen molar-refractivity contribution in [3.05, 3.63) is 95.8 Å². The molecule has 10 heteroatoms. The Morgan fingerprint density at radius 3 is 2.19 bits per heavy atom. The Kier molecular flexibility index (Phi) is 9.76. The van der Waals surface area contributed by atoms with E-state index in [4.69, 9.17) is 4.74 Å². The monoisotopic (exact) mass is 524 g/mol. The average Bonchev–Trinajstić information content (AvgIpc) is 2.90. The normalized spacial score (nSPS) is 12.1. The molecule has 1 aromatic heterocycles. The predicted octanol–water partition coefficient (Wildman–Crippen LogP) is 2.24. The third kappa shape index (κ3) is 8.40. The molecule has 0 unspecified atom stereocenters. The number of sulfonamides is 1. The van der Waals surface area contributed by atoms with E-state index in [1.54, 1.807) is 43.8 Å². The third-order valence-corrected chi connectivity index (χ3v) is 7.18. The van der Waals surface area contributed by atoms with Crippen LogP contribution < -0.4 is 10.1 Å². The van der Waals surface area contributed by atoms with E-state index in [0.29, 0.717) is 5.75 Å². The second-order valence-corrected chi connectivity index (χ2v) is 10.8. The highest BCUT2D eigenvalue weighted by atomic mass is 32.2. The Bertz CT molecular complexity index is 1270. The average molecular weight is 525 g/mol. The number of aromatic nitrogens is 1. The fourth-order valence-corrected chi connectivity index (χ4v) is 4.03. The Morgan fingerprint density at radius 1 is 0.946 bits per heavy atom. The van der Waals surface area contributed by atoms with Crippen LogP contribution in [0.2, 0.25) is 0 Å². The predicted molar refractivity (Wildman–Crippen MR) is 141 cm³/mol. The number of likely N-dealkylation sites (N-methyl/N-ethyl adjacent to an activating group) is 1. The Labute approximate surface area is 218 Å². The van der Waals surface area contributed by atoms with E-state index in [1.807, 2.05) is 42.5 Å². The van der Waals surface area contributed by atoms with Crippen molar-refractivity contribution in [1.82, 2.24) is 19.5 Å². The number of pyridine rings is 1.